The van der Waals surface area contributed by atoms with Gasteiger partial charge in [0.2, 0.25) is 8.32 Å². The maximum Gasteiger partial charge on any atom is 0.320 e. The Morgan fingerprint density at radius 2 is 1.82 bits per heavy atom. The molecule has 0 heterocycles. The molecule has 11 heavy (non-hydrogen) atoms. The molecule has 0 aromatic heterocycles. The van der Waals surface area contributed by atoms with E-state index < -0.39 is 8.32 Å². The molecule has 0 unspecified atom stereocenters. The van der Waals surface area contributed by atoms with Gasteiger partial charge < -0.3 is 4.43 Å². The van der Waals surface area contributed by atoms with Crippen molar-refractivity contribution in [2.75, 3.05) is 0 Å². The minimum absolute atomic E-state index is 0.174. The second kappa shape index (κ2) is 3.71. The fourth-order valence-electron chi connectivity index (χ4n) is 0.476. The number of carbonyl (C=O) groups excluding carboxylic acids is 1. The van der Waals surface area contributed by atoms with Crippen LogP contribution in [0.1, 0.15) is 13.8 Å². The monoisotopic (exact) mass is 172 g/mol. The molecule has 0 bridgehead atoms. The van der Waals surface area contributed by atoms with Crippen molar-refractivity contribution in [3.8, 4) is 0 Å². The first-order valence-corrected chi connectivity index (χ1v) is 7.14. The van der Waals surface area contributed by atoms with Crippen molar-refractivity contribution >= 4 is 14.3 Å². The number of hydrogen-bond donors (Lipinski definition) is 0. The van der Waals surface area contributed by atoms with Crippen molar-refractivity contribution in [3.05, 3.63) is 11.6 Å². The zero-order valence-corrected chi connectivity index (χ0v) is 8.89. The van der Waals surface area contributed by atoms with Crippen LogP contribution in [0.2, 0.25) is 19.6 Å². The minimum atomic E-state index is -1.69. The molecule has 3 heteroatoms. The van der Waals surface area contributed by atoms with Gasteiger partial charge in [0.25, 0.3) is 0 Å². The first-order valence-electron chi connectivity index (χ1n) is 3.73. The van der Waals surface area contributed by atoms with Gasteiger partial charge in [-0.1, -0.05) is 6.08 Å². The van der Waals surface area contributed by atoms with E-state index in [1.165, 1.54) is 0 Å². The van der Waals surface area contributed by atoms with Crippen molar-refractivity contribution in [3.63, 3.8) is 0 Å². The zero-order valence-electron chi connectivity index (χ0n) is 7.89. The maximum absolute atomic E-state index is 11.1. The van der Waals surface area contributed by atoms with Crippen LogP contribution in [0.15, 0.2) is 11.6 Å². The Bertz CT molecular complexity index is 177. The summed E-state index contributed by atoms with van der Waals surface area (Å²) in [6, 6.07) is 0. The SMILES string of the molecule is C/C=C(/C)C(=O)O[Si](C)(C)C. The molecule has 64 valence electrons. The summed E-state index contributed by atoms with van der Waals surface area (Å²) in [7, 11) is -1.69. The van der Waals surface area contributed by atoms with Crippen molar-refractivity contribution < 1.29 is 9.22 Å². The molecule has 0 atom stereocenters. The van der Waals surface area contributed by atoms with Crippen molar-refractivity contribution in [1.29, 1.82) is 0 Å². The Balaban J connectivity index is 4.10. The molecule has 0 amide bonds. The average Bonchev–Trinajstić information content (AvgIpc) is 1.82. The van der Waals surface area contributed by atoms with Gasteiger partial charge in [-0.2, -0.15) is 0 Å². The third kappa shape index (κ3) is 4.78. The molecule has 0 fully saturated rings. The molecule has 0 saturated heterocycles. The summed E-state index contributed by atoms with van der Waals surface area (Å²) in [5, 5.41) is 0. The second-order valence-electron chi connectivity index (χ2n) is 3.47. The predicted octanol–water partition coefficient (Wildman–Crippen LogP) is 2.33. The van der Waals surface area contributed by atoms with Gasteiger partial charge in [-0.3, -0.25) is 0 Å². The van der Waals surface area contributed by atoms with Crippen LogP contribution < -0.4 is 0 Å². The van der Waals surface area contributed by atoms with E-state index in [2.05, 4.69) is 0 Å². The first kappa shape index (κ1) is 10.4. The van der Waals surface area contributed by atoms with Crippen LogP contribution in [0.3, 0.4) is 0 Å². The molecule has 0 N–H and O–H groups in total. The van der Waals surface area contributed by atoms with E-state index in [0.29, 0.717) is 5.57 Å². The van der Waals surface area contributed by atoms with Gasteiger partial charge >= 0.3 is 5.97 Å². The largest absolute Gasteiger partial charge is 0.517 e. The lowest BCUT2D eigenvalue weighted by Gasteiger charge is -2.17. The van der Waals surface area contributed by atoms with E-state index in [9.17, 15) is 4.79 Å². The van der Waals surface area contributed by atoms with Gasteiger partial charge in [-0.15, -0.1) is 0 Å². The number of rotatable bonds is 2. The Hall–Kier alpha value is -0.573. The molecule has 0 aliphatic heterocycles. The normalized spacial score (nSPS) is 13.0. The lowest BCUT2D eigenvalue weighted by atomic mass is 10.3. The molecule has 0 aliphatic rings. The van der Waals surface area contributed by atoms with Gasteiger partial charge in [0.05, 0.1) is 0 Å². The molecule has 0 radical (unpaired) electrons. The summed E-state index contributed by atoms with van der Waals surface area (Å²) in [6.07, 6.45) is 1.77. The maximum atomic E-state index is 11.1. The Morgan fingerprint density at radius 3 is 2.09 bits per heavy atom. The van der Waals surface area contributed by atoms with Crippen LogP contribution in [0.5, 0.6) is 0 Å². The standard InChI is InChI=1S/C8H16O2Si/c1-6-7(2)8(9)10-11(3,4)5/h6H,1-5H3/b7-6-. The van der Waals surface area contributed by atoms with Crippen LogP contribution in [-0.2, 0) is 9.22 Å². The lowest BCUT2D eigenvalue weighted by molar-refractivity contribution is -0.130. The van der Waals surface area contributed by atoms with E-state index in [1.807, 2.05) is 26.6 Å². The molecule has 0 spiro atoms. The van der Waals surface area contributed by atoms with Crippen LogP contribution in [-0.4, -0.2) is 14.3 Å². The summed E-state index contributed by atoms with van der Waals surface area (Å²) in [4.78, 5) is 11.1. The quantitative estimate of drug-likeness (QED) is 0.472. The molecule has 0 aliphatic carbocycles. The van der Waals surface area contributed by atoms with Gasteiger partial charge in [-0.25, -0.2) is 4.79 Å². The van der Waals surface area contributed by atoms with Crippen LogP contribution in [0.4, 0.5) is 0 Å². The van der Waals surface area contributed by atoms with E-state index in [-0.39, 0.29) is 5.97 Å². The summed E-state index contributed by atoms with van der Waals surface area (Å²) < 4.78 is 5.22. The summed E-state index contributed by atoms with van der Waals surface area (Å²) >= 11 is 0. The van der Waals surface area contributed by atoms with Crippen LogP contribution in [0.25, 0.3) is 0 Å². The topological polar surface area (TPSA) is 26.3 Å². The third-order valence-corrected chi connectivity index (χ3v) is 1.95. The number of carbonyl (C=O) groups is 1. The van der Waals surface area contributed by atoms with Gasteiger partial charge in [0.1, 0.15) is 0 Å². The van der Waals surface area contributed by atoms with E-state index in [4.69, 9.17) is 4.43 Å². The van der Waals surface area contributed by atoms with E-state index in [1.54, 1.807) is 13.0 Å². The third-order valence-electron chi connectivity index (χ3n) is 1.15. The van der Waals surface area contributed by atoms with Crippen LogP contribution >= 0.6 is 0 Å². The number of allylic oxidation sites excluding steroid dienone is 1. The van der Waals surface area contributed by atoms with E-state index >= 15 is 0 Å². The average molecular weight is 172 g/mol. The van der Waals surface area contributed by atoms with Crippen LogP contribution in [0, 0.1) is 0 Å². The molecule has 0 saturated carbocycles. The molecule has 0 aromatic rings. The van der Waals surface area contributed by atoms with Crippen molar-refractivity contribution in [2.45, 2.75) is 33.5 Å². The molecular formula is C8H16O2Si. The van der Waals surface area contributed by atoms with Crippen molar-refractivity contribution in [1.82, 2.24) is 0 Å². The van der Waals surface area contributed by atoms with Gasteiger partial charge in [0, 0.05) is 5.57 Å². The van der Waals surface area contributed by atoms with Crippen molar-refractivity contribution in [2.24, 2.45) is 0 Å². The fourth-order valence-corrected chi connectivity index (χ4v) is 1.19. The Morgan fingerprint density at radius 1 is 1.36 bits per heavy atom. The molecule has 0 rings (SSSR count). The minimum Gasteiger partial charge on any atom is -0.517 e. The highest BCUT2D eigenvalue weighted by Crippen LogP contribution is 2.06. The van der Waals surface area contributed by atoms with Gasteiger partial charge in [0.15, 0.2) is 0 Å². The molecular weight excluding hydrogens is 156 g/mol. The Labute approximate surface area is 69.4 Å². The molecule has 0 aromatic carbocycles. The predicted molar refractivity (Wildman–Crippen MR) is 48.9 cm³/mol. The Kier molecular flexibility index (Phi) is 3.52. The second-order valence-corrected chi connectivity index (χ2v) is 7.90. The molecule has 2 nitrogen and oxygen atoms in total. The highest BCUT2D eigenvalue weighted by Gasteiger charge is 2.20. The summed E-state index contributed by atoms with van der Waals surface area (Å²) in [5.74, 6) is -0.174. The first-order chi connectivity index (χ1) is 4.87. The fraction of sp³-hybridized carbons (Fsp3) is 0.625. The highest BCUT2D eigenvalue weighted by molar-refractivity contribution is 6.71. The number of hydrogen-bond acceptors (Lipinski definition) is 2. The smallest absolute Gasteiger partial charge is 0.320 e. The van der Waals surface area contributed by atoms with Gasteiger partial charge in [-0.05, 0) is 33.5 Å². The summed E-state index contributed by atoms with van der Waals surface area (Å²) in [5.41, 5.74) is 0.687. The zero-order chi connectivity index (χ0) is 9.07. The highest BCUT2D eigenvalue weighted by atomic mass is 28.4. The van der Waals surface area contributed by atoms with E-state index in [0.717, 1.165) is 0 Å². The lowest BCUT2D eigenvalue weighted by Crippen LogP contribution is -2.29. The summed E-state index contributed by atoms with van der Waals surface area (Å²) in [6.45, 7) is 9.58.